The zero-order valence-corrected chi connectivity index (χ0v) is 15.8. The van der Waals surface area contributed by atoms with E-state index in [1.165, 1.54) is 12.1 Å². The largest absolute Gasteiger partial charge is 0.497 e. The fraction of sp³-hybridized carbons (Fsp3) is 0.227. The molecule has 0 aliphatic rings. The minimum absolute atomic E-state index is 0.112. The molecule has 0 saturated heterocycles. The van der Waals surface area contributed by atoms with E-state index in [0.717, 1.165) is 28.4 Å². The highest BCUT2D eigenvalue weighted by Gasteiger charge is 2.16. The predicted octanol–water partition coefficient (Wildman–Crippen LogP) is 4.21. The van der Waals surface area contributed by atoms with Gasteiger partial charge >= 0.3 is 0 Å². The topological polar surface area (TPSA) is 43.3 Å². The normalized spacial score (nSPS) is 10.7. The van der Waals surface area contributed by atoms with E-state index in [4.69, 9.17) is 4.74 Å². The average molecular weight is 366 g/mol. The molecular weight excluding hydrogens is 343 g/mol. The van der Waals surface area contributed by atoms with Gasteiger partial charge in [0.25, 0.3) is 5.91 Å². The first kappa shape index (κ1) is 18.7. The molecule has 5 heteroatoms. The van der Waals surface area contributed by atoms with Crippen LogP contribution in [0.2, 0.25) is 0 Å². The number of rotatable bonds is 6. The van der Waals surface area contributed by atoms with Gasteiger partial charge in [-0.25, -0.2) is 4.39 Å². The summed E-state index contributed by atoms with van der Waals surface area (Å²) in [5.74, 6) is 0.400. The molecule has 0 aliphatic carbocycles. The summed E-state index contributed by atoms with van der Waals surface area (Å²) in [4.78, 5) is 12.6. The number of nitrogens with zero attached hydrogens (tertiary/aromatic N) is 1. The summed E-state index contributed by atoms with van der Waals surface area (Å²) in [7, 11) is 1.63. The van der Waals surface area contributed by atoms with Gasteiger partial charge in [-0.15, -0.1) is 0 Å². The van der Waals surface area contributed by atoms with Crippen LogP contribution in [0, 0.1) is 19.7 Å². The van der Waals surface area contributed by atoms with Crippen molar-refractivity contribution >= 4 is 5.91 Å². The van der Waals surface area contributed by atoms with Crippen molar-refractivity contribution in [1.29, 1.82) is 0 Å². The zero-order chi connectivity index (χ0) is 19.4. The number of carbonyl (C=O) groups excluding carboxylic acids is 1. The van der Waals surface area contributed by atoms with Gasteiger partial charge in [-0.3, -0.25) is 4.79 Å². The fourth-order valence-electron chi connectivity index (χ4n) is 3.21. The summed E-state index contributed by atoms with van der Waals surface area (Å²) >= 11 is 0. The van der Waals surface area contributed by atoms with Crippen molar-refractivity contribution in [2.75, 3.05) is 13.7 Å². The van der Waals surface area contributed by atoms with E-state index in [2.05, 4.69) is 5.32 Å². The third-order valence-corrected chi connectivity index (χ3v) is 4.60. The number of nitrogens with one attached hydrogen (secondary N) is 1. The standard InChI is InChI=1S/C22H23FN2O2/c1-15-13-21(16(2)25(15)19-5-4-6-20(14-19)27-3)22(26)24-12-11-17-7-9-18(23)10-8-17/h4-10,13-14H,11-12H2,1-3H3,(H,24,26). The number of hydrogen-bond donors (Lipinski definition) is 1. The highest BCUT2D eigenvalue weighted by Crippen LogP contribution is 2.23. The Kier molecular flexibility index (Phi) is 5.60. The number of halogens is 1. The molecule has 140 valence electrons. The molecule has 4 nitrogen and oxygen atoms in total. The molecule has 0 aliphatic heterocycles. The monoisotopic (exact) mass is 366 g/mol. The Morgan fingerprint density at radius 3 is 2.56 bits per heavy atom. The Morgan fingerprint density at radius 1 is 1.11 bits per heavy atom. The molecule has 1 N–H and O–H groups in total. The summed E-state index contributed by atoms with van der Waals surface area (Å²) in [5, 5.41) is 2.95. The van der Waals surface area contributed by atoms with Gasteiger partial charge in [0, 0.05) is 29.7 Å². The number of methoxy groups -OCH3 is 1. The second kappa shape index (κ2) is 8.08. The second-order valence-corrected chi connectivity index (χ2v) is 6.45. The number of carbonyl (C=O) groups is 1. The fourth-order valence-corrected chi connectivity index (χ4v) is 3.21. The second-order valence-electron chi connectivity index (χ2n) is 6.45. The van der Waals surface area contributed by atoms with Crippen LogP contribution in [0.5, 0.6) is 5.75 Å². The first-order chi connectivity index (χ1) is 13.0. The van der Waals surface area contributed by atoms with Crippen LogP contribution in [0.15, 0.2) is 54.6 Å². The number of benzene rings is 2. The van der Waals surface area contributed by atoms with Crippen LogP contribution < -0.4 is 10.1 Å². The number of hydrogen-bond acceptors (Lipinski definition) is 2. The van der Waals surface area contributed by atoms with E-state index in [-0.39, 0.29) is 11.7 Å². The smallest absolute Gasteiger partial charge is 0.253 e. The van der Waals surface area contributed by atoms with E-state index in [1.54, 1.807) is 19.2 Å². The third kappa shape index (κ3) is 4.19. The molecule has 1 heterocycles. The molecule has 0 unspecified atom stereocenters. The number of ether oxygens (including phenoxy) is 1. The van der Waals surface area contributed by atoms with Crippen molar-refractivity contribution in [3.05, 3.63) is 82.9 Å². The molecule has 0 radical (unpaired) electrons. The maximum atomic E-state index is 13.0. The highest BCUT2D eigenvalue weighted by atomic mass is 19.1. The molecule has 27 heavy (non-hydrogen) atoms. The zero-order valence-electron chi connectivity index (χ0n) is 15.8. The minimum atomic E-state index is -0.257. The number of aryl methyl sites for hydroxylation is 1. The molecule has 0 atom stereocenters. The molecule has 2 aromatic carbocycles. The quantitative estimate of drug-likeness (QED) is 0.710. The van der Waals surface area contributed by atoms with E-state index in [9.17, 15) is 9.18 Å². The molecular formula is C22H23FN2O2. The number of aromatic nitrogens is 1. The predicted molar refractivity (Wildman–Crippen MR) is 104 cm³/mol. The third-order valence-electron chi connectivity index (χ3n) is 4.60. The van der Waals surface area contributed by atoms with Crippen molar-refractivity contribution in [3.63, 3.8) is 0 Å². The van der Waals surface area contributed by atoms with Crippen LogP contribution in [0.25, 0.3) is 5.69 Å². The lowest BCUT2D eigenvalue weighted by Crippen LogP contribution is -2.26. The van der Waals surface area contributed by atoms with Crippen LogP contribution in [-0.2, 0) is 6.42 Å². The van der Waals surface area contributed by atoms with Crippen LogP contribution in [0.1, 0.15) is 27.3 Å². The van der Waals surface area contributed by atoms with E-state index < -0.39 is 0 Å². The maximum Gasteiger partial charge on any atom is 0.253 e. The van der Waals surface area contributed by atoms with Gasteiger partial charge in [0.2, 0.25) is 0 Å². The SMILES string of the molecule is COc1cccc(-n2c(C)cc(C(=O)NCCc3ccc(F)cc3)c2C)c1. The Labute approximate surface area is 158 Å². The van der Waals surface area contributed by atoms with Crippen molar-refractivity contribution in [3.8, 4) is 11.4 Å². The lowest BCUT2D eigenvalue weighted by atomic mass is 10.1. The van der Waals surface area contributed by atoms with Crippen molar-refractivity contribution in [1.82, 2.24) is 9.88 Å². The molecule has 3 rings (SSSR count). The Balaban J connectivity index is 1.73. The van der Waals surface area contributed by atoms with Crippen molar-refractivity contribution < 1.29 is 13.9 Å². The van der Waals surface area contributed by atoms with E-state index in [1.807, 2.05) is 48.7 Å². The van der Waals surface area contributed by atoms with Crippen LogP contribution >= 0.6 is 0 Å². The van der Waals surface area contributed by atoms with E-state index in [0.29, 0.717) is 18.5 Å². The minimum Gasteiger partial charge on any atom is -0.497 e. The van der Waals surface area contributed by atoms with Gasteiger partial charge in [-0.2, -0.15) is 0 Å². The molecule has 0 spiro atoms. The van der Waals surface area contributed by atoms with Gasteiger partial charge in [0.05, 0.1) is 12.7 Å². The van der Waals surface area contributed by atoms with Crippen LogP contribution in [0.3, 0.4) is 0 Å². The number of amides is 1. The Bertz CT molecular complexity index is 945. The van der Waals surface area contributed by atoms with Crippen LogP contribution in [-0.4, -0.2) is 24.1 Å². The molecule has 3 aromatic rings. The van der Waals surface area contributed by atoms with Gasteiger partial charge in [0.15, 0.2) is 0 Å². The summed E-state index contributed by atoms with van der Waals surface area (Å²) in [6.07, 6.45) is 0.653. The first-order valence-electron chi connectivity index (χ1n) is 8.85. The first-order valence-corrected chi connectivity index (χ1v) is 8.85. The highest BCUT2D eigenvalue weighted by molar-refractivity contribution is 5.95. The average Bonchev–Trinajstić information content (AvgIpc) is 2.97. The Morgan fingerprint density at radius 2 is 1.85 bits per heavy atom. The summed E-state index contributed by atoms with van der Waals surface area (Å²) in [6.45, 7) is 4.40. The lowest BCUT2D eigenvalue weighted by molar-refractivity contribution is 0.0953. The molecule has 0 saturated carbocycles. The summed E-state index contributed by atoms with van der Waals surface area (Å²) in [5.41, 5.74) is 4.44. The van der Waals surface area contributed by atoms with Gasteiger partial charge in [-0.05, 0) is 56.2 Å². The van der Waals surface area contributed by atoms with Gasteiger partial charge < -0.3 is 14.6 Å². The summed E-state index contributed by atoms with van der Waals surface area (Å²) in [6, 6.07) is 16.0. The van der Waals surface area contributed by atoms with Crippen molar-refractivity contribution in [2.45, 2.75) is 20.3 Å². The van der Waals surface area contributed by atoms with E-state index >= 15 is 0 Å². The van der Waals surface area contributed by atoms with Gasteiger partial charge in [-0.1, -0.05) is 18.2 Å². The van der Waals surface area contributed by atoms with Crippen LogP contribution in [0.4, 0.5) is 4.39 Å². The molecule has 0 bridgehead atoms. The molecule has 0 fully saturated rings. The lowest BCUT2D eigenvalue weighted by Gasteiger charge is -2.11. The molecule has 1 amide bonds. The maximum absolute atomic E-state index is 13.0. The van der Waals surface area contributed by atoms with Gasteiger partial charge in [0.1, 0.15) is 11.6 Å². The molecule has 1 aromatic heterocycles. The Hall–Kier alpha value is -3.08. The van der Waals surface area contributed by atoms with Crippen molar-refractivity contribution in [2.24, 2.45) is 0 Å². The summed E-state index contributed by atoms with van der Waals surface area (Å²) < 4.78 is 20.3.